The molecule has 4 heteroatoms. The molecule has 1 unspecified atom stereocenters. The summed E-state index contributed by atoms with van der Waals surface area (Å²) in [6.45, 7) is 3.43. The monoisotopic (exact) mass is 302 g/mol. The Bertz CT molecular complexity index is 645. The lowest BCUT2D eigenvalue weighted by Gasteiger charge is -2.25. The SMILES string of the molecule is CC(c1ccc(F)cc1F)N1C[C@@H](N)[C@H](c2ccccc2)C1. The molecule has 0 radical (unpaired) electrons. The highest BCUT2D eigenvalue weighted by Crippen LogP contribution is 2.33. The first-order valence-corrected chi connectivity index (χ1v) is 7.56. The maximum atomic E-state index is 14.0. The van der Waals surface area contributed by atoms with Crippen LogP contribution in [0.4, 0.5) is 8.78 Å². The largest absolute Gasteiger partial charge is 0.326 e. The van der Waals surface area contributed by atoms with Gasteiger partial charge in [-0.2, -0.15) is 0 Å². The van der Waals surface area contributed by atoms with Gasteiger partial charge in [0.1, 0.15) is 11.6 Å². The molecule has 1 heterocycles. The molecule has 1 aliphatic rings. The van der Waals surface area contributed by atoms with Crippen LogP contribution in [0.5, 0.6) is 0 Å². The number of benzene rings is 2. The summed E-state index contributed by atoms with van der Waals surface area (Å²) in [5.41, 5.74) is 8.01. The molecule has 2 aromatic rings. The summed E-state index contributed by atoms with van der Waals surface area (Å²) < 4.78 is 27.0. The Balaban J connectivity index is 1.79. The van der Waals surface area contributed by atoms with E-state index in [9.17, 15) is 8.78 Å². The maximum Gasteiger partial charge on any atom is 0.130 e. The molecule has 0 aromatic heterocycles. The third-order valence-electron chi connectivity index (χ3n) is 4.58. The van der Waals surface area contributed by atoms with Crippen molar-refractivity contribution in [1.29, 1.82) is 0 Å². The molecule has 0 spiro atoms. The average Bonchev–Trinajstić information content (AvgIpc) is 2.89. The van der Waals surface area contributed by atoms with E-state index in [0.717, 1.165) is 12.6 Å². The first-order valence-electron chi connectivity index (χ1n) is 7.56. The Kier molecular flexibility index (Phi) is 4.23. The van der Waals surface area contributed by atoms with Gasteiger partial charge in [0, 0.05) is 42.7 Å². The van der Waals surface area contributed by atoms with Gasteiger partial charge < -0.3 is 5.73 Å². The van der Waals surface area contributed by atoms with E-state index in [-0.39, 0.29) is 18.0 Å². The summed E-state index contributed by atoms with van der Waals surface area (Å²) in [7, 11) is 0. The summed E-state index contributed by atoms with van der Waals surface area (Å²) in [5, 5.41) is 0. The molecular weight excluding hydrogens is 282 g/mol. The fraction of sp³-hybridized carbons (Fsp3) is 0.333. The molecule has 3 atom stereocenters. The number of halogens is 2. The lowest BCUT2D eigenvalue weighted by molar-refractivity contribution is 0.251. The standard InChI is InChI=1S/C18H20F2N2/c1-12(15-8-7-14(19)9-17(15)20)22-10-16(18(21)11-22)13-5-3-2-4-6-13/h2-9,12,16,18H,10-11,21H2,1H3/t12?,16-,18+/m0/s1. The van der Waals surface area contributed by atoms with Crippen molar-refractivity contribution in [3.63, 3.8) is 0 Å². The minimum atomic E-state index is -0.547. The Morgan fingerprint density at radius 3 is 2.50 bits per heavy atom. The highest BCUT2D eigenvalue weighted by atomic mass is 19.1. The summed E-state index contributed by atoms with van der Waals surface area (Å²) >= 11 is 0. The molecular formula is C18H20F2N2. The van der Waals surface area contributed by atoms with Crippen LogP contribution in [0.25, 0.3) is 0 Å². The van der Waals surface area contributed by atoms with Crippen LogP contribution >= 0.6 is 0 Å². The van der Waals surface area contributed by atoms with E-state index in [0.29, 0.717) is 12.1 Å². The van der Waals surface area contributed by atoms with Gasteiger partial charge in [-0.25, -0.2) is 8.78 Å². The van der Waals surface area contributed by atoms with Crippen LogP contribution in [0.1, 0.15) is 30.0 Å². The van der Waals surface area contributed by atoms with Crippen molar-refractivity contribution in [2.24, 2.45) is 5.73 Å². The van der Waals surface area contributed by atoms with Gasteiger partial charge in [-0.1, -0.05) is 36.4 Å². The molecule has 0 saturated carbocycles. The first-order chi connectivity index (χ1) is 10.6. The summed E-state index contributed by atoms with van der Waals surface area (Å²) in [6, 6.07) is 13.8. The molecule has 0 amide bonds. The van der Waals surface area contributed by atoms with Crippen LogP contribution in [0, 0.1) is 11.6 Å². The van der Waals surface area contributed by atoms with Gasteiger partial charge in [0.05, 0.1) is 0 Å². The number of nitrogens with zero attached hydrogens (tertiary/aromatic N) is 1. The van der Waals surface area contributed by atoms with Crippen molar-refractivity contribution in [3.05, 3.63) is 71.3 Å². The zero-order valence-electron chi connectivity index (χ0n) is 12.5. The van der Waals surface area contributed by atoms with Crippen LogP contribution < -0.4 is 5.73 Å². The molecule has 0 bridgehead atoms. The first kappa shape index (κ1) is 15.1. The van der Waals surface area contributed by atoms with Crippen molar-refractivity contribution in [2.75, 3.05) is 13.1 Å². The molecule has 22 heavy (non-hydrogen) atoms. The van der Waals surface area contributed by atoms with Gasteiger partial charge in [-0.05, 0) is 18.6 Å². The smallest absolute Gasteiger partial charge is 0.130 e. The van der Waals surface area contributed by atoms with Crippen molar-refractivity contribution < 1.29 is 8.78 Å². The van der Waals surface area contributed by atoms with E-state index in [1.807, 2.05) is 25.1 Å². The van der Waals surface area contributed by atoms with E-state index < -0.39 is 11.6 Å². The topological polar surface area (TPSA) is 29.3 Å². The van der Waals surface area contributed by atoms with Gasteiger partial charge in [0.15, 0.2) is 0 Å². The Morgan fingerprint density at radius 2 is 1.82 bits per heavy atom. The predicted octanol–water partition coefficient (Wildman–Crippen LogP) is 3.45. The Hall–Kier alpha value is -1.78. The van der Waals surface area contributed by atoms with Gasteiger partial charge in [0.25, 0.3) is 0 Å². The molecule has 2 N–H and O–H groups in total. The highest BCUT2D eigenvalue weighted by Gasteiger charge is 2.34. The second-order valence-corrected chi connectivity index (χ2v) is 5.98. The van der Waals surface area contributed by atoms with E-state index in [4.69, 9.17) is 5.73 Å². The van der Waals surface area contributed by atoms with Crippen LogP contribution in [0.2, 0.25) is 0 Å². The number of rotatable bonds is 3. The predicted molar refractivity (Wildman–Crippen MR) is 83.5 cm³/mol. The lowest BCUT2D eigenvalue weighted by atomic mass is 9.95. The van der Waals surface area contributed by atoms with Crippen molar-refractivity contribution in [2.45, 2.75) is 24.9 Å². The maximum absolute atomic E-state index is 14.0. The molecule has 2 nitrogen and oxygen atoms in total. The molecule has 116 valence electrons. The summed E-state index contributed by atoms with van der Waals surface area (Å²) in [4.78, 5) is 2.17. The van der Waals surface area contributed by atoms with Crippen molar-refractivity contribution >= 4 is 0 Å². The van der Waals surface area contributed by atoms with Gasteiger partial charge in [0.2, 0.25) is 0 Å². The zero-order chi connectivity index (χ0) is 15.7. The Labute approximate surface area is 129 Å². The van der Waals surface area contributed by atoms with E-state index in [1.54, 1.807) is 0 Å². The van der Waals surface area contributed by atoms with Crippen molar-refractivity contribution in [3.8, 4) is 0 Å². The highest BCUT2D eigenvalue weighted by molar-refractivity contribution is 5.26. The number of likely N-dealkylation sites (tertiary alicyclic amines) is 1. The average molecular weight is 302 g/mol. The van der Waals surface area contributed by atoms with Crippen molar-refractivity contribution in [1.82, 2.24) is 4.90 Å². The van der Waals surface area contributed by atoms with E-state index in [1.165, 1.54) is 17.7 Å². The normalized spacial score (nSPS) is 23.6. The molecule has 0 aliphatic carbocycles. The van der Waals surface area contributed by atoms with Gasteiger partial charge >= 0.3 is 0 Å². The third kappa shape index (κ3) is 2.89. The van der Waals surface area contributed by atoms with Gasteiger partial charge in [-0.3, -0.25) is 4.90 Å². The molecule has 3 rings (SSSR count). The minimum Gasteiger partial charge on any atom is -0.326 e. The van der Waals surface area contributed by atoms with Crippen LogP contribution in [0.15, 0.2) is 48.5 Å². The summed E-state index contributed by atoms with van der Waals surface area (Å²) in [6.07, 6.45) is 0. The fourth-order valence-corrected chi connectivity index (χ4v) is 3.27. The molecule has 1 fully saturated rings. The molecule has 1 aliphatic heterocycles. The third-order valence-corrected chi connectivity index (χ3v) is 4.58. The number of nitrogens with two attached hydrogens (primary N) is 1. The fourth-order valence-electron chi connectivity index (χ4n) is 3.27. The van der Waals surface area contributed by atoms with Crippen LogP contribution in [-0.2, 0) is 0 Å². The second kappa shape index (κ2) is 6.15. The van der Waals surface area contributed by atoms with E-state index in [2.05, 4.69) is 17.0 Å². The number of hydrogen-bond donors (Lipinski definition) is 1. The summed E-state index contributed by atoms with van der Waals surface area (Å²) in [5.74, 6) is -0.801. The lowest BCUT2D eigenvalue weighted by Crippen LogP contribution is -2.30. The molecule has 2 aromatic carbocycles. The molecule has 1 saturated heterocycles. The van der Waals surface area contributed by atoms with E-state index >= 15 is 0 Å². The van der Waals surface area contributed by atoms with Crippen LogP contribution in [0.3, 0.4) is 0 Å². The number of hydrogen-bond acceptors (Lipinski definition) is 2. The second-order valence-electron chi connectivity index (χ2n) is 5.98. The Morgan fingerprint density at radius 1 is 1.09 bits per heavy atom. The van der Waals surface area contributed by atoms with Gasteiger partial charge in [-0.15, -0.1) is 0 Å². The quantitative estimate of drug-likeness (QED) is 0.941. The minimum absolute atomic E-state index is 0.0216. The van der Waals surface area contributed by atoms with Crippen LogP contribution in [-0.4, -0.2) is 24.0 Å². The zero-order valence-corrected chi connectivity index (χ0v) is 12.5.